The molecule has 1 heteroatoms. The first kappa shape index (κ1) is 10.5. The summed E-state index contributed by atoms with van der Waals surface area (Å²) < 4.78 is 0. The highest BCUT2D eigenvalue weighted by Crippen LogP contribution is 2.42. The third-order valence-electron chi connectivity index (χ3n) is 4.33. The predicted molar refractivity (Wildman–Crippen MR) is 61.3 cm³/mol. The van der Waals surface area contributed by atoms with Gasteiger partial charge in [0.05, 0.1) is 0 Å². The minimum atomic E-state index is 0.995. The molecule has 0 aliphatic heterocycles. The van der Waals surface area contributed by atoms with Crippen LogP contribution in [0.2, 0.25) is 0 Å². The normalized spacial score (nSPS) is 37.9. The number of hydrogen-bond donors (Lipinski definition) is 1. The van der Waals surface area contributed by atoms with Crippen molar-refractivity contribution in [1.82, 2.24) is 5.32 Å². The van der Waals surface area contributed by atoms with Gasteiger partial charge in [-0.05, 0) is 50.1 Å². The molecule has 0 amide bonds. The van der Waals surface area contributed by atoms with Crippen LogP contribution in [0.3, 0.4) is 0 Å². The van der Waals surface area contributed by atoms with E-state index in [0.29, 0.717) is 0 Å². The zero-order chi connectivity index (χ0) is 9.80. The van der Waals surface area contributed by atoms with Gasteiger partial charge in [-0.2, -0.15) is 0 Å². The summed E-state index contributed by atoms with van der Waals surface area (Å²) in [7, 11) is 0. The summed E-state index contributed by atoms with van der Waals surface area (Å²) in [5.41, 5.74) is 0. The summed E-state index contributed by atoms with van der Waals surface area (Å²) in [6.45, 7) is 4.64. The molecule has 2 aliphatic rings. The molecule has 0 aromatic carbocycles. The fourth-order valence-electron chi connectivity index (χ4n) is 3.50. The predicted octanol–water partition coefficient (Wildman–Crippen LogP) is 3.20. The Hall–Kier alpha value is -0.0400. The van der Waals surface area contributed by atoms with Crippen LogP contribution in [0.4, 0.5) is 0 Å². The van der Waals surface area contributed by atoms with Crippen LogP contribution in [-0.4, -0.2) is 13.1 Å². The van der Waals surface area contributed by atoms with E-state index in [1.54, 1.807) is 6.42 Å². The fourth-order valence-corrected chi connectivity index (χ4v) is 3.50. The Morgan fingerprint density at radius 2 is 1.79 bits per heavy atom. The Kier molecular flexibility index (Phi) is 3.86. The summed E-state index contributed by atoms with van der Waals surface area (Å²) >= 11 is 0. The average molecular weight is 195 g/mol. The van der Waals surface area contributed by atoms with Crippen molar-refractivity contribution >= 4 is 0 Å². The molecule has 0 bridgehead atoms. The van der Waals surface area contributed by atoms with Gasteiger partial charge in [0, 0.05) is 0 Å². The molecule has 2 aliphatic carbocycles. The Morgan fingerprint density at radius 1 is 1.00 bits per heavy atom. The van der Waals surface area contributed by atoms with Crippen molar-refractivity contribution in [3.63, 3.8) is 0 Å². The molecule has 3 atom stereocenters. The SMILES string of the molecule is CCNCC1CCC2CCCCC2C1. The molecule has 1 N–H and O–H groups in total. The zero-order valence-electron chi connectivity index (χ0n) is 9.60. The van der Waals surface area contributed by atoms with Crippen molar-refractivity contribution in [2.45, 2.75) is 51.9 Å². The quantitative estimate of drug-likeness (QED) is 0.729. The second-order valence-corrected chi connectivity index (χ2v) is 5.29. The average Bonchev–Trinajstić information content (AvgIpc) is 2.26. The van der Waals surface area contributed by atoms with Crippen molar-refractivity contribution in [3.05, 3.63) is 0 Å². The van der Waals surface area contributed by atoms with E-state index in [4.69, 9.17) is 0 Å². The molecule has 2 rings (SSSR count). The van der Waals surface area contributed by atoms with E-state index >= 15 is 0 Å². The Morgan fingerprint density at radius 3 is 2.57 bits per heavy atom. The second kappa shape index (κ2) is 5.16. The maximum absolute atomic E-state index is 3.51. The largest absolute Gasteiger partial charge is 0.317 e. The van der Waals surface area contributed by atoms with Crippen molar-refractivity contribution in [2.75, 3.05) is 13.1 Å². The topological polar surface area (TPSA) is 12.0 Å². The smallest absolute Gasteiger partial charge is 0.00205 e. The first-order chi connectivity index (χ1) is 6.90. The molecule has 0 radical (unpaired) electrons. The Balaban J connectivity index is 1.77. The van der Waals surface area contributed by atoms with Gasteiger partial charge >= 0.3 is 0 Å². The number of nitrogens with one attached hydrogen (secondary N) is 1. The lowest BCUT2D eigenvalue weighted by Gasteiger charge is -2.39. The van der Waals surface area contributed by atoms with Crippen molar-refractivity contribution in [3.8, 4) is 0 Å². The Labute approximate surface area is 88.7 Å². The summed E-state index contributed by atoms with van der Waals surface area (Å²) in [4.78, 5) is 0. The molecule has 1 nitrogen and oxygen atoms in total. The first-order valence-electron chi connectivity index (χ1n) is 6.61. The van der Waals surface area contributed by atoms with E-state index in [0.717, 1.165) is 24.3 Å². The van der Waals surface area contributed by atoms with E-state index in [1.807, 2.05) is 0 Å². The lowest BCUT2D eigenvalue weighted by atomic mass is 9.67. The third-order valence-corrected chi connectivity index (χ3v) is 4.33. The first-order valence-corrected chi connectivity index (χ1v) is 6.61. The molecule has 0 heterocycles. The summed E-state index contributed by atoms with van der Waals surface area (Å²) in [5.74, 6) is 3.21. The van der Waals surface area contributed by atoms with E-state index in [2.05, 4.69) is 12.2 Å². The maximum Gasteiger partial charge on any atom is -0.00205 e. The van der Waals surface area contributed by atoms with Crippen LogP contribution >= 0.6 is 0 Å². The van der Waals surface area contributed by atoms with E-state index in [9.17, 15) is 0 Å². The zero-order valence-corrected chi connectivity index (χ0v) is 9.60. The van der Waals surface area contributed by atoms with Crippen molar-refractivity contribution < 1.29 is 0 Å². The molecule has 14 heavy (non-hydrogen) atoms. The van der Waals surface area contributed by atoms with Crippen LogP contribution in [0.5, 0.6) is 0 Å². The van der Waals surface area contributed by atoms with E-state index < -0.39 is 0 Å². The van der Waals surface area contributed by atoms with Gasteiger partial charge in [-0.15, -0.1) is 0 Å². The van der Waals surface area contributed by atoms with Crippen LogP contribution in [0.25, 0.3) is 0 Å². The highest BCUT2D eigenvalue weighted by atomic mass is 14.8. The molecular weight excluding hydrogens is 170 g/mol. The van der Waals surface area contributed by atoms with E-state index in [1.165, 1.54) is 45.1 Å². The van der Waals surface area contributed by atoms with Gasteiger partial charge in [0.2, 0.25) is 0 Å². The molecule has 0 saturated heterocycles. The third kappa shape index (κ3) is 2.50. The van der Waals surface area contributed by atoms with Gasteiger partial charge in [0.15, 0.2) is 0 Å². The van der Waals surface area contributed by atoms with Gasteiger partial charge in [0.1, 0.15) is 0 Å². The minimum absolute atomic E-state index is 0.995. The van der Waals surface area contributed by atoms with Gasteiger partial charge in [-0.25, -0.2) is 0 Å². The molecule has 0 spiro atoms. The summed E-state index contributed by atoms with van der Waals surface area (Å²) in [6.07, 6.45) is 10.6. The summed E-state index contributed by atoms with van der Waals surface area (Å²) in [6, 6.07) is 0. The number of hydrogen-bond acceptors (Lipinski definition) is 1. The van der Waals surface area contributed by atoms with Gasteiger partial charge < -0.3 is 5.32 Å². The Bertz CT molecular complexity index is 167. The second-order valence-electron chi connectivity index (χ2n) is 5.29. The molecule has 2 saturated carbocycles. The van der Waals surface area contributed by atoms with Gasteiger partial charge in [0.25, 0.3) is 0 Å². The minimum Gasteiger partial charge on any atom is -0.317 e. The lowest BCUT2D eigenvalue weighted by Crippen LogP contribution is -2.32. The van der Waals surface area contributed by atoms with Gasteiger partial charge in [-0.1, -0.05) is 32.6 Å². The van der Waals surface area contributed by atoms with Gasteiger partial charge in [-0.3, -0.25) is 0 Å². The number of fused-ring (bicyclic) bond motifs is 1. The van der Waals surface area contributed by atoms with Crippen molar-refractivity contribution in [2.24, 2.45) is 17.8 Å². The van der Waals surface area contributed by atoms with Crippen LogP contribution in [-0.2, 0) is 0 Å². The lowest BCUT2D eigenvalue weighted by molar-refractivity contribution is 0.129. The number of rotatable bonds is 3. The van der Waals surface area contributed by atoms with Crippen LogP contribution in [0, 0.1) is 17.8 Å². The molecule has 82 valence electrons. The molecular formula is C13H25N. The molecule has 3 unspecified atom stereocenters. The fraction of sp³-hybridized carbons (Fsp3) is 1.00. The van der Waals surface area contributed by atoms with E-state index in [-0.39, 0.29) is 0 Å². The molecule has 2 fully saturated rings. The van der Waals surface area contributed by atoms with Crippen molar-refractivity contribution in [1.29, 1.82) is 0 Å². The van der Waals surface area contributed by atoms with Crippen LogP contribution < -0.4 is 5.32 Å². The molecule has 0 aromatic rings. The van der Waals surface area contributed by atoms with Crippen LogP contribution in [0.15, 0.2) is 0 Å². The maximum atomic E-state index is 3.51. The summed E-state index contributed by atoms with van der Waals surface area (Å²) in [5, 5.41) is 3.51. The highest BCUT2D eigenvalue weighted by molar-refractivity contribution is 4.83. The van der Waals surface area contributed by atoms with Crippen LogP contribution in [0.1, 0.15) is 51.9 Å². The highest BCUT2D eigenvalue weighted by Gasteiger charge is 2.31. The monoisotopic (exact) mass is 195 g/mol. The standard InChI is InChI=1S/C13H25N/c1-2-14-10-11-7-8-12-5-3-4-6-13(12)9-11/h11-14H,2-10H2,1H3. The molecule has 0 aromatic heterocycles.